The van der Waals surface area contributed by atoms with Gasteiger partial charge in [-0.05, 0) is 104 Å². The Morgan fingerprint density at radius 1 is 0.353 bits per heavy atom. The highest BCUT2D eigenvalue weighted by Crippen LogP contribution is 2.35. The van der Waals surface area contributed by atoms with E-state index in [1.165, 1.54) is 27.8 Å². The van der Waals surface area contributed by atoms with Crippen molar-refractivity contribution in [3.8, 4) is 0 Å². The Morgan fingerprint density at radius 2 is 0.667 bits per heavy atom. The Morgan fingerprint density at radius 3 is 1.04 bits per heavy atom. The van der Waals surface area contributed by atoms with E-state index in [2.05, 4.69) is 231 Å². The summed E-state index contributed by atoms with van der Waals surface area (Å²) in [5, 5.41) is 0. The quantitative estimate of drug-likeness (QED) is 0.135. The van der Waals surface area contributed by atoms with Crippen LogP contribution in [0.4, 0.5) is 28.4 Å². The molecule has 7 rings (SSSR count). The van der Waals surface area contributed by atoms with E-state index in [-0.39, 0.29) is 0 Å². The van der Waals surface area contributed by atoms with Crippen molar-refractivity contribution < 1.29 is 0 Å². The molecule has 7 aromatic rings. The lowest BCUT2D eigenvalue weighted by Crippen LogP contribution is -2.10. The molecule has 0 aliphatic heterocycles. The minimum atomic E-state index is 1.09. The highest BCUT2D eigenvalue weighted by Gasteiger charge is 2.14. The average Bonchev–Trinajstić information content (AvgIpc) is 3.18. The van der Waals surface area contributed by atoms with Crippen LogP contribution < -0.4 is 9.80 Å². The number of hydrogen-bond acceptors (Lipinski definition) is 2. The van der Waals surface area contributed by atoms with E-state index >= 15 is 0 Å². The van der Waals surface area contributed by atoms with Gasteiger partial charge in [0.15, 0.2) is 0 Å². The van der Waals surface area contributed by atoms with Gasteiger partial charge in [0.1, 0.15) is 0 Å². The van der Waals surface area contributed by atoms with Crippen LogP contribution in [-0.2, 0) is 0 Å². The van der Waals surface area contributed by atoms with Crippen molar-refractivity contribution >= 4 is 46.2 Å². The Bertz CT molecular complexity index is 2130. The second-order valence-electron chi connectivity index (χ2n) is 13.0. The number of hydrogen-bond donors (Lipinski definition) is 0. The van der Waals surface area contributed by atoms with Crippen molar-refractivity contribution in [2.24, 2.45) is 0 Å². The minimum Gasteiger partial charge on any atom is -0.317 e. The van der Waals surface area contributed by atoms with Crippen molar-refractivity contribution in [2.45, 2.75) is 20.8 Å². The molecule has 2 heteroatoms. The van der Waals surface area contributed by atoms with Crippen LogP contribution in [0.25, 0.3) is 17.7 Å². The molecule has 0 aromatic heterocycles. The molecule has 0 bridgehead atoms. The fraction of sp³-hybridized carbons (Fsp3) is 0.0612. The maximum Gasteiger partial charge on any atom is 0.0462 e. The zero-order valence-corrected chi connectivity index (χ0v) is 29.4. The number of anilines is 5. The van der Waals surface area contributed by atoms with Crippen LogP contribution in [0.15, 0.2) is 188 Å². The summed E-state index contributed by atoms with van der Waals surface area (Å²) in [6.07, 6.45) is 6.63. The van der Waals surface area contributed by atoms with Crippen molar-refractivity contribution in [3.63, 3.8) is 0 Å². The van der Waals surface area contributed by atoms with Gasteiger partial charge in [0.25, 0.3) is 0 Å². The van der Waals surface area contributed by atoms with E-state index in [1.807, 2.05) is 0 Å². The summed E-state index contributed by atoms with van der Waals surface area (Å²) in [5.74, 6) is 0. The molecule has 51 heavy (non-hydrogen) atoms. The predicted octanol–water partition coefficient (Wildman–Crippen LogP) is 13.5. The molecule has 0 saturated carbocycles. The highest BCUT2D eigenvalue weighted by atomic mass is 15.1. The summed E-state index contributed by atoms with van der Waals surface area (Å²) in [7, 11) is 0. The van der Waals surface area contributed by atoms with Gasteiger partial charge in [-0.1, -0.05) is 150 Å². The van der Waals surface area contributed by atoms with E-state index in [9.17, 15) is 0 Å². The van der Waals surface area contributed by atoms with Crippen LogP contribution >= 0.6 is 0 Å². The molecular weight excluding hydrogens is 617 g/mol. The second-order valence-corrected chi connectivity index (χ2v) is 13.0. The van der Waals surface area contributed by atoms with E-state index in [4.69, 9.17) is 0 Å². The molecule has 0 unspecified atom stereocenters. The average molecular weight is 659 g/mol. The molecule has 0 fully saturated rings. The monoisotopic (exact) mass is 658 g/mol. The molecule has 0 spiro atoms. The van der Waals surface area contributed by atoms with Gasteiger partial charge in [-0.25, -0.2) is 0 Å². The Balaban J connectivity index is 1.16. The van der Waals surface area contributed by atoms with Gasteiger partial charge < -0.3 is 9.80 Å². The van der Waals surface area contributed by atoms with Crippen LogP contribution in [0.3, 0.4) is 0 Å². The smallest absolute Gasteiger partial charge is 0.0462 e. The fourth-order valence-electron chi connectivity index (χ4n) is 6.19. The summed E-state index contributed by atoms with van der Waals surface area (Å²) in [4.78, 5) is 4.59. The number of nitrogens with zero attached hydrogens (tertiary/aromatic N) is 2. The van der Waals surface area contributed by atoms with Crippen LogP contribution in [0, 0.1) is 20.8 Å². The first-order valence-corrected chi connectivity index (χ1v) is 17.5. The lowest BCUT2D eigenvalue weighted by Gasteiger charge is -2.26. The molecule has 0 N–H and O–H groups in total. The molecule has 0 atom stereocenters. The topological polar surface area (TPSA) is 6.48 Å². The van der Waals surface area contributed by atoms with E-state index in [0.717, 1.165) is 45.1 Å². The predicted molar refractivity (Wildman–Crippen MR) is 219 cm³/mol. The summed E-state index contributed by atoms with van der Waals surface area (Å²) in [5.41, 5.74) is 15.1. The molecule has 248 valence electrons. The SMILES string of the molecule is Cc1ccc(N(C=C(c2ccccc2)c2ccccc2)c2ccc(C=Cc3ccc(N(c4ccc(C)cc4)c4ccc(C)cc4)cc3)cc2)cc1. The largest absolute Gasteiger partial charge is 0.317 e. The fourth-order valence-corrected chi connectivity index (χ4v) is 6.19. The Kier molecular flexibility index (Phi) is 10.0. The van der Waals surface area contributed by atoms with Gasteiger partial charge in [0.05, 0.1) is 0 Å². The summed E-state index contributed by atoms with van der Waals surface area (Å²) in [6.45, 7) is 6.38. The Labute approximate surface area is 302 Å². The Hall–Kier alpha value is -6.38. The third kappa shape index (κ3) is 8.09. The van der Waals surface area contributed by atoms with Crippen LogP contribution in [0.2, 0.25) is 0 Å². The zero-order chi connectivity index (χ0) is 35.0. The molecule has 0 saturated heterocycles. The van der Waals surface area contributed by atoms with Gasteiger partial charge in [-0.2, -0.15) is 0 Å². The first-order valence-electron chi connectivity index (χ1n) is 17.5. The second kappa shape index (κ2) is 15.4. The standard InChI is InChI=1S/C49H42N2/c1-37-14-26-44(27-15-37)50(36-49(42-10-6-4-7-11-42)43-12-8-5-9-13-43)45-32-22-40(23-33-45)20-21-41-24-34-48(35-25-41)51(46-28-16-38(2)17-29-46)47-30-18-39(3)19-31-47/h4-36H,1-3H3. The molecule has 0 radical (unpaired) electrons. The number of aryl methyl sites for hydroxylation is 3. The normalized spacial score (nSPS) is 11.0. The van der Waals surface area contributed by atoms with Gasteiger partial charge in [-0.15, -0.1) is 0 Å². The molecular formula is C49H42N2. The first kappa shape index (κ1) is 33.1. The van der Waals surface area contributed by atoms with Crippen molar-refractivity contribution in [2.75, 3.05) is 9.80 Å². The van der Waals surface area contributed by atoms with E-state index in [1.54, 1.807) is 0 Å². The molecule has 0 amide bonds. The maximum atomic E-state index is 2.31. The van der Waals surface area contributed by atoms with Crippen LogP contribution in [0.5, 0.6) is 0 Å². The van der Waals surface area contributed by atoms with E-state index in [0.29, 0.717) is 0 Å². The van der Waals surface area contributed by atoms with Gasteiger partial charge >= 0.3 is 0 Å². The minimum absolute atomic E-state index is 1.09. The van der Waals surface area contributed by atoms with Gasteiger partial charge in [0, 0.05) is 40.2 Å². The zero-order valence-electron chi connectivity index (χ0n) is 29.4. The third-order valence-electron chi connectivity index (χ3n) is 9.12. The molecule has 0 aliphatic carbocycles. The van der Waals surface area contributed by atoms with E-state index < -0.39 is 0 Å². The van der Waals surface area contributed by atoms with Gasteiger partial charge in [-0.3, -0.25) is 0 Å². The highest BCUT2D eigenvalue weighted by molar-refractivity contribution is 5.84. The summed E-state index contributed by atoms with van der Waals surface area (Å²) in [6, 6.07) is 64.9. The maximum absolute atomic E-state index is 2.31. The van der Waals surface area contributed by atoms with Gasteiger partial charge in [0.2, 0.25) is 0 Å². The molecule has 2 nitrogen and oxygen atoms in total. The van der Waals surface area contributed by atoms with Crippen LogP contribution in [-0.4, -0.2) is 0 Å². The first-order chi connectivity index (χ1) is 25.0. The molecule has 0 aliphatic rings. The summed E-state index contributed by atoms with van der Waals surface area (Å²) >= 11 is 0. The molecule has 7 aromatic carbocycles. The number of rotatable bonds is 10. The van der Waals surface area contributed by atoms with Crippen molar-refractivity contribution in [3.05, 3.63) is 227 Å². The van der Waals surface area contributed by atoms with Crippen molar-refractivity contribution in [1.29, 1.82) is 0 Å². The molecule has 0 heterocycles. The summed E-state index contributed by atoms with van der Waals surface area (Å²) < 4.78 is 0. The number of benzene rings is 7. The van der Waals surface area contributed by atoms with Crippen LogP contribution in [0.1, 0.15) is 38.9 Å². The third-order valence-corrected chi connectivity index (χ3v) is 9.12. The van der Waals surface area contributed by atoms with Crippen molar-refractivity contribution in [1.82, 2.24) is 0 Å². The lowest BCUT2D eigenvalue weighted by molar-refractivity contribution is 1.27. The lowest BCUT2D eigenvalue weighted by atomic mass is 9.98.